The number of aromatic nitrogens is 2. The van der Waals surface area contributed by atoms with E-state index in [9.17, 15) is 0 Å². The summed E-state index contributed by atoms with van der Waals surface area (Å²) in [7, 11) is 0. The average molecular weight is 263 g/mol. The molecule has 0 aliphatic heterocycles. The van der Waals surface area contributed by atoms with Crippen LogP contribution in [0.5, 0.6) is 0 Å². The molecule has 1 aromatic heterocycles. The third kappa shape index (κ3) is 3.60. The lowest BCUT2D eigenvalue weighted by atomic mass is 10.2. The van der Waals surface area contributed by atoms with Gasteiger partial charge in [0.25, 0.3) is 0 Å². The van der Waals surface area contributed by atoms with Gasteiger partial charge in [-0.2, -0.15) is 4.98 Å². The lowest BCUT2D eigenvalue weighted by Gasteiger charge is -2.07. The molecule has 1 aromatic carbocycles. The fraction of sp³-hybridized carbons (Fsp3) is 0.231. The first-order valence-corrected chi connectivity index (χ1v) is 6.21. The van der Waals surface area contributed by atoms with Crippen LogP contribution in [0.1, 0.15) is 12.5 Å². The van der Waals surface area contributed by atoms with Crippen molar-refractivity contribution in [1.29, 1.82) is 0 Å². The zero-order chi connectivity index (χ0) is 12.8. The van der Waals surface area contributed by atoms with Crippen molar-refractivity contribution >= 4 is 23.4 Å². The zero-order valence-electron chi connectivity index (χ0n) is 10.2. The van der Waals surface area contributed by atoms with Gasteiger partial charge >= 0.3 is 0 Å². The van der Waals surface area contributed by atoms with Crippen molar-refractivity contribution in [2.24, 2.45) is 0 Å². The molecule has 0 aliphatic rings. The SMILES string of the molecule is CCNc1nccc(NCc2ccc(Cl)cc2)n1. The van der Waals surface area contributed by atoms with Crippen LogP contribution in [0.25, 0.3) is 0 Å². The van der Waals surface area contributed by atoms with E-state index in [2.05, 4.69) is 20.6 Å². The van der Waals surface area contributed by atoms with Gasteiger partial charge in [-0.15, -0.1) is 0 Å². The Bertz CT molecular complexity index is 499. The van der Waals surface area contributed by atoms with Crippen LogP contribution in [0, 0.1) is 0 Å². The van der Waals surface area contributed by atoms with E-state index in [1.54, 1.807) is 6.20 Å². The monoisotopic (exact) mass is 262 g/mol. The van der Waals surface area contributed by atoms with Gasteiger partial charge in [-0.1, -0.05) is 23.7 Å². The van der Waals surface area contributed by atoms with E-state index in [0.717, 1.165) is 22.9 Å². The maximum Gasteiger partial charge on any atom is 0.224 e. The van der Waals surface area contributed by atoms with Gasteiger partial charge in [0, 0.05) is 24.3 Å². The van der Waals surface area contributed by atoms with Gasteiger partial charge in [0.15, 0.2) is 0 Å². The number of nitrogens with zero attached hydrogens (tertiary/aromatic N) is 2. The molecule has 4 nitrogen and oxygen atoms in total. The topological polar surface area (TPSA) is 49.8 Å². The predicted octanol–water partition coefficient (Wildman–Crippen LogP) is 3.17. The van der Waals surface area contributed by atoms with Crippen LogP contribution in [0.4, 0.5) is 11.8 Å². The highest BCUT2D eigenvalue weighted by Gasteiger charge is 1.98. The smallest absolute Gasteiger partial charge is 0.224 e. The molecule has 0 saturated carbocycles. The minimum absolute atomic E-state index is 0.638. The Balaban J connectivity index is 1.97. The third-order valence-electron chi connectivity index (χ3n) is 2.38. The van der Waals surface area contributed by atoms with Crippen LogP contribution >= 0.6 is 11.6 Å². The van der Waals surface area contributed by atoms with Gasteiger partial charge in [-0.05, 0) is 30.7 Å². The summed E-state index contributed by atoms with van der Waals surface area (Å²) in [5.74, 6) is 1.44. The Morgan fingerprint density at radius 3 is 2.61 bits per heavy atom. The lowest BCUT2D eigenvalue weighted by Crippen LogP contribution is -2.06. The molecule has 94 valence electrons. The first kappa shape index (κ1) is 12.6. The predicted molar refractivity (Wildman–Crippen MR) is 75.0 cm³/mol. The Morgan fingerprint density at radius 2 is 1.89 bits per heavy atom. The molecular formula is C13H15ClN4. The van der Waals surface area contributed by atoms with Gasteiger partial charge in [0.1, 0.15) is 5.82 Å². The molecule has 0 aliphatic carbocycles. The summed E-state index contributed by atoms with van der Waals surface area (Å²) in [6.07, 6.45) is 1.73. The molecule has 18 heavy (non-hydrogen) atoms. The molecule has 0 radical (unpaired) electrons. The highest BCUT2D eigenvalue weighted by molar-refractivity contribution is 6.30. The van der Waals surface area contributed by atoms with Gasteiger partial charge < -0.3 is 10.6 Å². The number of nitrogens with one attached hydrogen (secondary N) is 2. The Kier molecular flexibility index (Phi) is 4.36. The van der Waals surface area contributed by atoms with E-state index in [0.29, 0.717) is 12.5 Å². The first-order valence-electron chi connectivity index (χ1n) is 5.83. The number of anilines is 2. The second-order valence-electron chi connectivity index (χ2n) is 3.78. The van der Waals surface area contributed by atoms with Crippen molar-refractivity contribution in [2.75, 3.05) is 17.2 Å². The minimum Gasteiger partial charge on any atom is -0.366 e. The molecular weight excluding hydrogens is 248 g/mol. The van der Waals surface area contributed by atoms with Crippen LogP contribution in [-0.2, 0) is 6.54 Å². The Morgan fingerprint density at radius 1 is 1.11 bits per heavy atom. The van der Waals surface area contributed by atoms with E-state index in [4.69, 9.17) is 11.6 Å². The van der Waals surface area contributed by atoms with Gasteiger partial charge in [-0.25, -0.2) is 4.98 Å². The summed E-state index contributed by atoms with van der Waals surface area (Å²) in [6, 6.07) is 9.57. The van der Waals surface area contributed by atoms with E-state index < -0.39 is 0 Å². The summed E-state index contributed by atoms with van der Waals surface area (Å²) in [4.78, 5) is 8.45. The Hall–Kier alpha value is -1.81. The largest absolute Gasteiger partial charge is 0.366 e. The summed E-state index contributed by atoms with van der Waals surface area (Å²) in [5.41, 5.74) is 1.16. The van der Waals surface area contributed by atoms with Crippen molar-refractivity contribution < 1.29 is 0 Å². The van der Waals surface area contributed by atoms with E-state index in [1.807, 2.05) is 37.3 Å². The normalized spacial score (nSPS) is 10.1. The molecule has 0 amide bonds. The summed E-state index contributed by atoms with van der Waals surface area (Å²) in [6.45, 7) is 3.53. The molecule has 0 bridgehead atoms. The maximum atomic E-state index is 5.84. The van der Waals surface area contributed by atoms with Crippen LogP contribution < -0.4 is 10.6 Å². The summed E-state index contributed by atoms with van der Waals surface area (Å²) >= 11 is 5.84. The van der Waals surface area contributed by atoms with Crippen LogP contribution in [-0.4, -0.2) is 16.5 Å². The van der Waals surface area contributed by atoms with Gasteiger partial charge in [0.05, 0.1) is 0 Å². The average Bonchev–Trinajstić information content (AvgIpc) is 2.39. The maximum absolute atomic E-state index is 5.84. The van der Waals surface area contributed by atoms with E-state index in [1.165, 1.54) is 0 Å². The number of hydrogen-bond donors (Lipinski definition) is 2. The molecule has 2 rings (SSSR count). The molecule has 0 unspecified atom stereocenters. The summed E-state index contributed by atoms with van der Waals surface area (Å²) < 4.78 is 0. The third-order valence-corrected chi connectivity index (χ3v) is 2.63. The molecule has 2 N–H and O–H groups in total. The highest BCUT2D eigenvalue weighted by Crippen LogP contribution is 2.11. The second-order valence-corrected chi connectivity index (χ2v) is 4.21. The quantitative estimate of drug-likeness (QED) is 0.869. The zero-order valence-corrected chi connectivity index (χ0v) is 10.9. The molecule has 1 heterocycles. The molecule has 0 atom stereocenters. The van der Waals surface area contributed by atoms with Crippen molar-refractivity contribution in [1.82, 2.24) is 9.97 Å². The van der Waals surface area contributed by atoms with Crippen LogP contribution in [0.15, 0.2) is 36.5 Å². The molecule has 0 fully saturated rings. The van der Waals surface area contributed by atoms with Crippen molar-refractivity contribution in [3.8, 4) is 0 Å². The second kappa shape index (κ2) is 6.21. The van der Waals surface area contributed by atoms with E-state index >= 15 is 0 Å². The van der Waals surface area contributed by atoms with Crippen molar-refractivity contribution in [3.05, 3.63) is 47.1 Å². The highest BCUT2D eigenvalue weighted by atomic mass is 35.5. The number of benzene rings is 1. The van der Waals surface area contributed by atoms with E-state index in [-0.39, 0.29) is 0 Å². The fourth-order valence-corrected chi connectivity index (χ4v) is 1.62. The molecule has 5 heteroatoms. The van der Waals surface area contributed by atoms with Crippen LogP contribution in [0.2, 0.25) is 5.02 Å². The Labute approximate surface area is 111 Å². The van der Waals surface area contributed by atoms with Gasteiger partial charge in [0.2, 0.25) is 5.95 Å². The van der Waals surface area contributed by atoms with Crippen molar-refractivity contribution in [2.45, 2.75) is 13.5 Å². The standard InChI is InChI=1S/C13H15ClN4/c1-2-15-13-16-8-7-12(18-13)17-9-10-3-5-11(14)6-4-10/h3-8H,2,9H2,1H3,(H2,15,16,17,18). The molecule has 0 saturated heterocycles. The lowest BCUT2D eigenvalue weighted by molar-refractivity contribution is 1.05. The fourth-order valence-electron chi connectivity index (χ4n) is 1.50. The van der Waals surface area contributed by atoms with Crippen LogP contribution in [0.3, 0.4) is 0 Å². The van der Waals surface area contributed by atoms with Crippen molar-refractivity contribution in [3.63, 3.8) is 0 Å². The number of hydrogen-bond acceptors (Lipinski definition) is 4. The van der Waals surface area contributed by atoms with Gasteiger partial charge in [-0.3, -0.25) is 0 Å². The number of halogens is 1. The molecule has 2 aromatic rings. The first-order chi connectivity index (χ1) is 8.78. The summed E-state index contributed by atoms with van der Waals surface area (Å²) in [5, 5.41) is 7.06. The minimum atomic E-state index is 0.638. The molecule has 0 spiro atoms. The number of rotatable bonds is 5.